The van der Waals surface area contributed by atoms with Crippen LogP contribution in [0.25, 0.3) is 0 Å². The molecule has 1 unspecified atom stereocenters. The molecule has 0 saturated heterocycles. The zero-order valence-electron chi connectivity index (χ0n) is 15.7. The molecule has 0 aliphatic heterocycles. The molecule has 5 heteroatoms. The van der Waals surface area contributed by atoms with Crippen LogP contribution < -0.4 is 0 Å². The normalized spacial score (nSPS) is 14.0. The smallest absolute Gasteiger partial charge is 0.0592 e. The van der Waals surface area contributed by atoms with Crippen LogP contribution in [0.5, 0.6) is 0 Å². The zero-order valence-corrected chi connectivity index (χ0v) is 15.7. The summed E-state index contributed by atoms with van der Waals surface area (Å²) in [6.07, 6.45) is 5.80. The molecule has 0 aromatic carbocycles. The SMILES string of the molecule is CCN=NN(C)[C@@H](C)C(C)CCC(c1ccccn1)c1ccccn1. The highest BCUT2D eigenvalue weighted by Gasteiger charge is 2.21. The second-order valence-electron chi connectivity index (χ2n) is 6.48. The van der Waals surface area contributed by atoms with Crippen LogP contribution in [0.3, 0.4) is 0 Å². The molecule has 0 spiro atoms. The van der Waals surface area contributed by atoms with Crippen molar-refractivity contribution in [2.24, 2.45) is 16.3 Å². The molecule has 0 aliphatic rings. The van der Waals surface area contributed by atoms with Crippen LogP contribution in [0, 0.1) is 5.92 Å². The van der Waals surface area contributed by atoms with Crippen molar-refractivity contribution in [3.05, 3.63) is 60.2 Å². The van der Waals surface area contributed by atoms with Gasteiger partial charge in [-0.05, 0) is 56.9 Å². The third-order valence-corrected chi connectivity index (χ3v) is 4.76. The number of aromatic nitrogens is 2. The van der Waals surface area contributed by atoms with Crippen LogP contribution in [0.15, 0.2) is 59.1 Å². The fourth-order valence-electron chi connectivity index (χ4n) is 2.89. The minimum Gasteiger partial charge on any atom is -0.279 e. The van der Waals surface area contributed by atoms with Gasteiger partial charge in [-0.25, -0.2) is 0 Å². The third kappa shape index (κ3) is 5.62. The highest BCUT2D eigenvalue weighted by molar-refractivity contribution is 5.22. The fourth-order valence-corrected chi connectivity index (χ4v) is 2.89. The molecule has 25 heavy (non-hydrogen) atoms. The number of hydrogen-bond donors (Lipinski definition) is 0. The molecule has 0 aliphatic carbocycles. The molecule has 2 heterocycles. The Bertz CT molecular complexity index is 590. The lowest BCUT2D eigenvalue weighted by atomic mass is 9.88. The van der Waals surface area contributed by atoms with Gasteiger partial charge in [-0.1, -0.05) is 24.3 Å². The summed E-state index contributed by atoms with van der Waals surface area (Å²) in [5.74, 6) is 0.718. The third-order valence-electron chi connectivity index (χ3n) is 4.76. The molecule has 0 amide bonds. The summed E-state index contributed by atoms with van der Waals surface area (Å²) < 4.78 is 0. The highest BCUT2D eigenvalue weighted by atomic mass is 15.5. The van der Waals surface area contributed by atoms with E-state index in [1.165, 1.54) is 0 Å². The van der Waals surface area contributed by atoms with Gasteiger partial charge < -0.3 is 0 Å². The quantitative estimate of drug-likeness (QED) is 0.490. The monoisotopic (exact) mass is 339 g/mol. The van der Waals surface area contributed by atoms with E-state index in [1.54, 1.807) is 0 Å². The molecule has 2 rings (SSSR count). The molecule has 5 nitrogen and oxygen atoms in total. The van der Waals surface area contributed by atoms with Crippen molar-refractivity contribution in [3.63, 3.8) is 0 Å². The van der Waals surface area contributed by atoms with Gasteiger partial charge in [0.15, 0.2) is 0 Å². The molecule has 2 aromatic rings. The Balaban J connectivity index is 2.06. The summed E-state index contributed by atoms with van der Waals surface area (Å²) in [7, 11) is 2.00. The Morgan fingerprint density at radius 1 is 0.960 bits per heavy atom. The first-order chi connectivity index (χ1) is 12.1. The van der Waals surface area contributed by atoms with Crippen molar-refractivity contribution in [2.45, 2.75) is 45.6 Å². The van der Waals surface area contributed by atoms with Gasteiger partial charge in [-0.3, -0.25) is 15.0 Å². The first-order valence-corrected chi connectivity index (χ1v) is 9.05. The van der Waals surface area contributed by atoms with E-state index in [0.717, 1.165) is 24.2 Å². The minimum absolute atomic E-state index is 0.222. The lowest BCUT2D eigenvalue weighted by Crippen LogP contribution is -2.30. The standard InChI is InChI=1S/C20H29N5/c1-5-23-24-25(4)17(3)16(2)12-13-18(19-10-6-8-14-21-19)20-11-7-9-15-22-20/h6-11,14-18H,5,12-13H2,1-4H3/t16?,17-/m0/s1. The fraction of sp³-hybridized carbons (Fsp3) is 0.500. The first-order valence-electron chi connectivity index (χ1n) is 9.05. The van der Waals surface area contributed by atoms with Gasteiger partial charge in [-0.2, -0.15) is 5.11 Å². The summed E-state index contributed by atoms with van der Waals surface area (Å²) in [6, 6.07) is 12.5. The maximum atomic E-state index is 4.57. The van der Waals surface area contributed by atoms with E-state index in [1.807, 2.05) is 55.6 Å². The number of nitrogens with zero attached hydrogens (tertiary/aromatic N) is 5. The number of hydrogen-bond acceptors (Lipinski definition) is 4. The summed E-state index contributed by atoms with van der Waals surface area (Å²) in [4.78, 5) is 9.14. The summed E-state index contributed by atoms with van der Waals surface area (Å²) in [5, 5.41) is 10.3. The summed E-state index contributed by atoms with van der Waals surface area (Å²) in [5.41, 5.74) is 2.17. The highest BCUT2D eigenvalue weighted by Crippen LogP contribution is 2.29. The van der Waals surface area contributed by atoms with Gasteiger partial charge in [0.1, 0.15) is 0 Å². The van der Waals surface area contributed by atoms with Crippen LogP contribution in [0.1, 0.15) is 50.9 Å². The minimum atomic E-state index is 0.222. The van der Waals surface area contributed by atoms with E-state index < -0.39 is 0 Å². The van der Waals surface area contributed by atoms with Gasteiger partial charge in [0.2, 0.25) is 0 Å². The lowest BCUT2D eigenvalue weighted by Gasteiger charge is -2.27. The van der Waals surface area contributed by atoms with Crippen LogP contribution in [-0.4, -0.2) is 34.6 Å². The molecule has 0 radical (unpaired) electrons. The predicted octanol–water partition coefficient (Wildman–Crippen LogP) is 4.73. The van der Waals surface area contributed by atoms with Crippen molar-refractivity contribution in [1.82, 2.24) is 15.0 Å². The zero-order chi connectivity index (χ0) is 18.1. The average Bonchev–Trinajstić information content (AvgIpc) is 2.67. The van der Waals surface area contributed by atoms with Gasteiger partial charge in [-0.15, -0.1) is 0 Å². The molecule has 0 saturated carbocycles. The predicted molar refractivity (Wildman–Crippen MR) is 101 cm³/mol. The van der Waals surface area contributed by atoms with Crippen LogP contribution in [0.4, 0.5) is 0 Å². The first kappa shape index (κ1) is 19.0. The maximum absolute atomic E-state index is 4.57. The van der Waals surface area contributed by atoms with E-state index in [2.05, 4.69) is 46.3 Å². The Labute approximate surface area is 151 Å². The van der Waals surface area contributed by atoms with E-state index >= 15 is 0 Å². The van der Waals surface area contributed by atoms with Crippen LogP contribution in [0.2, 0.25) is 0 Å². The van der Waals surface area contributed by atoms with Crippen molar-refractivity contribution in [1.29, 1.82) is 0 Å². The molecule has 134 valence electrons. The molecule has 0 N–H and O–H groups in total. The topological polar surface area (TPSA) is 53.7 Å². The van der Waals surface area contributed by atoms with Gasteiger partial charge in [0.05, 0.1) is 6.54 Å². The maximum Gasteiger partial charge on any atom is 0.0592 e. The molecular weight excluding hydrogens is 310 g/mol. The Kier molecular flexibility index (Phi) is 7.51. The van der Waals surface area contributed by atoms with Crippen molar-refractivity contribution in [2.75, 3.05) is 13.6 Å². The van der Waals surface area contributed by atoms with E-state index in [-0.39, 0.29) is 5.92 Å². The summed E-state index contributed by atoms with van der Waals surface area (Å²) >= 11 is 0. The lowest BCUT2D eigenvalue weighted by molar-refractivity contribution is 0.183. The van der Waals surface area contributed by atoms with Gasteiger partial charge >= 0.3 is 0 Å². The second-order valence-corrected chi connectivity index (χ2v) is 6.48. The van der Waals surface area contributed by atoms with E-state index in [0.29, 0.717) is 18.5 Å². The van der Waals surface area contributed by atoms with Gasteiger partial charge in [0.25, 0.3) is 0 Å². The van der Waals surface area contributed by atoms with Crippen LogP contribution >= 0.6 is 0 Å². The van der Waals surface area contributed by atoms with Crippen molar-refractivity contribution in [3.8, 4) is 0 Å². The molecule has 0 fully saturated rings. The Morgan fingerprint density at radius 2 is 1.56 bits per heavy atom. The molecule has 2 atom stereocenters. The van der Waals surface area contributed by atoms with E-state index in [9.17, 15) is 0 Å². The average molecular weight is 339 g/mol. The van der Waals surface area contributed by atoms with Crippen molar-refractivity contribution < 1.29 is 0 Å². The largest absolute Gasteiger partial charge is 0.279 e. The number of pyridine rings is 2. The second kappa shape index (κ2) is 9.87. The van der Waals surface area contributed by atoms with Gasteiger partial charge in [0, 0.05) is 42.8 Å². The molecular formula is C20H29N5. The number of rotatable bonds is 9. The van der Waals surface area contributed by atoms with E-state index in [4.69, 9.17) is 0 Å². The van der Waals surface area contributed by atoms with Crippen molar-refractivity contribution >= 4 is 0 Å². The Morgan fingerprint density at radius 3 is 2.04 bits per heavy atom. The Hall–Kier alpha value is -2.30. The molecule has 2 aromatic heterocycles. The molecule has 0 bridgehead atoms. The summed E-state index contributed by atoms with van der Waals surface area (Å²) in [6.45, 7) is 7.19. The van der Waals surface area contributed by atoms with Crippen LogP contribution in [-0.2, 0) is 0 Å².